The van der Waals surface area contributed by atoms with Crippen LogP contribution in [0.2, 0.25) is 0 Å². The molecule has 0 bridgehead atoms. The molecule has 2 aromatic rings. The van der Waals surface area contributed by atoms with Crippen LogP contribution < -0.4 is 0 Å². The van der Waals surface area contributed by atoms with Gasteiger partial charge in [0, 0.05) is 10.6 Å². The van der Waals surface area contributed by atoms with Gasteiger partial charge < -0.3 is 0 Å². The van der Waals surface area contributed by atoms with E-state index in [0.717, 1.165) is 16.7 Å². The number of aromatic amines is 1. The van der Waals surface area contributed by atoms with Crippen molar-refractivity contribution in [3.63, 3.8) is 0 Å². The standard InChI is InChI=1S/C12H15N3S2/c1-9(2)8-17-12-13-11(14-15-12)6-5-10-4-3-7-16-10/h3-7,9H,8H2,1-2H3,(H,13,14,15)/b6-5+. The molecule has 0 aliphatic heterocycles. The normalized spacial score (nSPS) is 11.7. The molecule has 0 radical (unpaired) electrons. The van der Waals surface area contributed by atoms with Gasteiger partial charge >= 0.3 is 0 Å². The van der Waals surface area contributed by atoms with Gasteiger partial charge in [-0.25, -0.2) is 4.98 Å². The van der Waals surface area contributed by atoms with Gasteiger partial charge in [-0.2, -0.15) is 0 Å². The van der Waals surface area contributed by atoms with Crippen LogP contribution >= 0.6 is 23.1 Å². The van der Waals surface area contributed by atoms with Crippen molar-refractivity contribution in [2.45, 2.75) is 19.0 Å². The highest BCUT2D eigenvalue weighted by Crippen LogP contribution is 2.17. The number of H-pyrrole nitrogens is 1. The van der Waals surface area contributed by atoms with Gasteiger partial charge in [-0.3, -0.25) is 5.10 Å². The van der Waals surface area contributed by atoms with Crippen molar-refractivity contribution in [2.24, 2.45) is 5.92 Å². The molecular weight excluding hydrogens is 250 g/mol. The Kier molecular flexibility index (Phi) is 4.39. The second-order valence-electron chi connectivity index (χ2n) is 4.06. The molecule has 0 unspecified atom stereocenters. The lowest BCUT2D eigenvalue weighted by molar-refractivity contribution is 0.748. The quantitative estimate of drug-likeness (QED) is 0.836. The Balaban J connectivity index is 1.94. The molecule has 0 atom stereocenters. The Labute approximate surface area is 109 Å². The molecule has 0 fully saturated rings. The van der Waals surface area contributed by atoms with Crippen LogP contribution in [0.15, 0.2) is 22.7 Å². The molecule has 0 amide bonds. The van der Waals surface area contributed by atoms with Crippen molar-refractivity contribution in [1.29, 1.82) is 0 Å². The Morgan fingerprint density at radius 1 is 1.47 bits per heavy atom. The van der Waals surface area contributed by atoms with Crippen LogP contribution in [0.5, 0.6) is 0 Å². The van der Waals surface area contributed by atoms with Gasteiger partial charge in [-0.15, -0.1) is 16.4 Å². The molecule has 3 nitrogen and oxygen atoms in total. The van der Waals surface area contributed by atoms with E-state index in [2.05, 4.69) is 40.5 Å². The average molecular weight is 265 g/mol. The van der Waals surface area contributed by atoms with Crippen LogP contribution in [0, 0.1) is 5.92 Å². The number of thioether (sulfide) groups is 1. The summed E-state index contributed by atoms with van der Waals surface area (Å²) in [7, 11) is 0. The maximum Gasteiger partial charge on any atom is 0.208 e. The second kappa shape index (κ2) is 6.02. The van der Waals surface area contributed by atoms with Crippen molar-refractivity contribution in [3.05, 3.63) is 28.2 Å². The maximum atomic E-state index is 4.40. The Morgan fingerprint density at radius 2 is 2.35 bits per heavy atom. The number of hydrogen-bond acceptors (Lipinski definition) is 4. The molecule has 2 heterocycles. The summed E-state index contributed by atoms with van der Waals surface area (Å²) in [4.78, 5) is 5.62. The van der Waals surface area contributed by atoms with Gasteiger partial charge in [0.1, 0.15) is 5.82 Å². The molecule has 1 N–H and O–H groups in total. The minimum Gasteiger partial charge on any atom is -0.259 e. The van der Waals surface area contributed by atoms with Gasteiger partial charge in [0.15, 0.2) is 0 Å². The number of hydrogen-bond donors (Lipinski definition) is 1. The third-order valence-corrected chi connectivity index (χ3v) is 4.09. The van der Waals surface area contributed by atoms with E-state index >= 15 is 0 Å². The van der Waals surface area contributed by atoms with Gasteiger partial charge in [0.2, 0.25) is 5.16 Å². The number of thiophene rings is 1. The number of nitrogens with one attached hydrogen (secondary N) is 1. The minimum absolute atomic E-state index is 0.656. The van der Waals surface area contributed by atoms with E-state index in [9.17, 15) is 0 Å². The van der Waals surface area contributed by atoms with Crippen molar-refractivity contribution >= 4 is 35.3 Å². The molecular formula is C12H15N3S2. The molecule has 0 aromatic carbocycles. The topological polar surface area (TPSA) is 41.6 Å². The first-order chi connectivity index (χ1) is 8.24. The molecule has 0 aliphatic carbocycles. The summed E-state index contributed by atoms with van der Waals surface area (Å²) in [5.74, 6) is 2.51. The molecule has 2 aromatic heterocycles. The molecule has 2 rings (SSSR count). The van der Waals surface area contributed by atoms with Crippen molar-refractivity contribution in [2.75, 3.05) is 5.75 Å². The fraction of sp³-hybridized carbons (Fsp3) is 0.333. The van der Waals surface area contributed by atoms with Crippen LogP contribution in [0.4, 0.5) is 0 Å². The van der Waals surface area contributed by atoms with E-state index in [1.807, 2.05) is 18.2 Å². The first-order valence-electron chi connectivity index (χ1n) is 5.51. The van der Waals surface area contributed by atoms with Crippen molar-refractivity contribution in [1.82, 2.24) is 15.2 Å². The van der Waals surface area contributed by atoms with Crippen LogP contribution in [0.3, 0.4) is 0 Å². The number of nitrogens with zero attached hydrogens (tertiary/aromatic N) is 2. The Hall–Kier alpha value is -1.07. The first kappa shape index (κ1) is 12.4. The van der Waals surface area contributed by atoms with Gasteiger partial charge in [-0.1, -0.05) is 31.7 Å². The molecule has 0 saturated heterocycles. The number of rotatable bonds is 5. The van der Waals surface area contributed by atoms with Crippen molar-refractivity contribution < 1.29 is 0 Å². The van der Waals surface area contributed by atoms with Crippen LogP contribution in [-0.2, 0) is 0 Å². The minimum atomic E-state index is 0.656. The molecule has 0 aliphatic rings. The van der Waals surface area contributed by atoms with E-state index in [4.69, 9.17) is 0 Å². The maximum absolute atomic E-state index is 4.40. The lowest BCUT2D eigenvalue weighted by Crippen LogP contribution is -1.90. The largest absolute Gasteiger partial charge is 0.259 e. The third kappa shape index (κ3) is 4.02. The smallest absolute Gasteiger partial charge is 0.208 e. The Morgan fingerprint density at radius 3 is 3.06 bits per heavy atom. The van der Waals surface area contributed by atoms with Gasteiger partial charge in [0.05, 0.1) is 0 Å². The van der Waals surface area contributed by atoms with E-state index in [1.165, 1.54) is 4.88 Å². The van der Waals surface area contributed by atoms with E-state index < -0.39 is 0 Å². The van der Waals surface area contributed by atoms with Crippen LogP contribution in [0.1, 0.15) is 24.5 Å². The van der Waals surface area contributed by atoms with Crippen molar-refractivity contribution in [3.8, 4) is 0 Å². The summed E-state index contributed by atoms with van der Waals surface area (Å²) in [6.07, 6.45) is 4.00. The lowest BCUT2D eigenvalue weighted by Gasteiger charge is -1.98. The van der Waals surface area contributed by atoms with Crippen LogP contribution in [-0.4, -0.2) is 20.9 Å². The fourth-order valence-electron chi connectivity index (χ4n) is 1.19. The SMILES string of the molecule is CC(C)CSc1n[nH]c(/C=C/c2cccs2)n1. The number of aromatic nitrogens is 3. The van der Waals surface area contributed by atoms with E-state index in [1.54, 1.807) is 23.1 Å². The highest BCUT2D eigenvalue weighted by atomic mass is 32.2. The van der Waals surface area contributed by atoms with Gasteiger partial charge in [0.25, 0.3) is 0 Å². The lowest BCUT2D eigenvalue weighted by atomic mass is 10.3. The molecule has 0 spiro atoms. The zero-order valence-corrected chi connectivity index (χ0v) is 11.5. The van der Waals surface area contributed by atoms with E-state index in [-0.39, 0.29) is 0 Å². The summed E-state index contributed by atoms with van der Waals surface area (Å²) < 4.78 is 0. The summed E-state index contributed by atoms with van der Waals surface area (Å²) in [6.45, 7) is 4.38. The monoisotopic (exact) mass is 265 g/mol. The molecule has 0 saturated carbocycles. The summed E-state index contributed by atoms with van der Waals surface area (Å²) in [5.41, 5.74) is 0. The van der Waals surface area contributed by atoms with E-state index in [0.29, 0.717) is 5.92 Å². The first-order valence-corrected chi connectivity index (χ1v) is 7.37. The Bertz CT molecular complexity index is 472. The van der Waals surface area contributed by atoms with Crippen LogP contribution in [0.25, 0.3) is 12.2 Å². The average Bonchev–Trinajstić information content (AvgIpc) is 2.95. The third-order valence-electron chi connectivity index (χ3n) is 1.98. The predicted molar refractivity (Wildman–Crippen MR) is 75.2 cm³/mol. The summed E-state index contributed by atoms with van der Waals surface area (Å²) in [5, 5.41) is 9.98. The molecule has 5 heteroatoms. The highest BCUT2D eigenvalue weighted by Gasteiger charge is 2.02. The highest BCUT2D eigenvalue weighted by molar-refractivity contribution is 7.99. The molecule has 90 valence electrons. The van der Waals surface area contributed by atoms with Gasteiger partial charge in [-0.05, 0) is 29.5 Å². The molecule has 17 heavy (non-hydrogen) atoms. The second-order valence-corrected chi connectivity index (χ2v) is 6.02. The summed E-state index contributed by atoms with van der Waals surface area (Å²) in [6, 6.07) is 4.11. The summed E-state index contributed by atoms with van der Waals surface area (Å²) >= 11 is 3.40. The zero-order valence-electron chi connectivity index (χ0n) is 9.88. The zero-order chi connectivity index (χ0) is 12.1. The fourth-order valence-corrected chi connectivity index (χ4v) is 2.56. The predicted octanol–water partition coefficient (Wildman–Crippen LogP) is 3.78.